The van der Waals surface area contributed by atoms with Crippen molar-refractivity contribution >= 4 is 17.5 Å². The van der Waals surface area contributed by atoms with Crippen LogP contribution in [-0.4, -0.2) is 29.3 Å². The number of anilines is 1. The number of benzene rings is 2. The first-order valence-corrected chi connectivity index (χ1v) is 7.98. The lowest BCUT2D eigenvalue weighted by atomic mass is 10.1. The van der Waals surface area contributed by atoms with Crippen LogP contribution in [0.15, 0.2) is 48.5 Å². The molecule has 1 atom stereocenters. The molecule has 0 aliphatic carbocycles. The van der Waals surface area contributed by atoms with Crippen LogP contribution < -0.4 is 5.32 Å². The Kier molecular flexibility index (Phi) is 4.60. The van der Waals surface area contributed by atoms with Gasteiger partial charge in [-0.1, -0.05) is 23.8 Å². The van der Waals surface area contributed by atoms with Crippen LogP contribution in [0.2, 0.25) is 0 Å². The molecular formula is C19H19FN2O2. The van der Waals surface area contributed by atoms with Gasteiger partial charge in [0.1, 0.15) is 11.9 Å². The Morgan fingerprint density at radius 1 is 1.17 bits per heavy atom. The molecule has 0 radical (unpaired) electrons. The first-order chi connectivity index (χ1) is 11.5. The van der Waals surface area contributed by atoms with E-state index in [1.54, 1.807) is 23.1 Å². The number of aryl methyl sites for hydroxylation is 1. The van der Waals surface area contributed by atoms with E-state index >= 15 is 0 Å². The SMILES string of the molecule is Cc1ccc(C(=O)N2CCCC2C(=O)Nc2cccc(F)c2)cc1. The van der Waals surface area contributed by atoms with E-state index in [0.29, 0.717) is 24.2 Å². The zero-order valence-corrected chi connectivity index (χ0v) is 13.5. The fourth-order valence-corrected chi connectivity index (χ4v) is 2.94. The van der Waals surface area contributed by atoms with E-state index in [-0.39, 0.29) is 11.8 Å². The molecule has 0 saturated carbocycles. The zero-order chi connectivity index (χ0) is 17.1. The van der Waals surface area contributed by atoms with Crippen LogP contribution in [0.1, 0.15) is 28.8 Å². The number of hydrogen-bond donors (Lipinski definition) is 1. The summed E-state index contributed by atoms with van der Waals surface area (Å²) in [7, 11) is 0. The molecule has 3 rings (SSSR count). The highest BCUT2D eigenvalue weighted by Gasteiger charge is 2.34. The van der Waals surface area contributed by atoms with Crippen LogP contribution in [0, 0.1) is 12.7 Å². The predicted octanol–water partition coefficient (Wildman–Crippen LogP) is 3.38. The van der Waals surface area contributed by atoms with E-state index in [4.69, 9.17) is 0 Å². The number of nitrogens with one attached hydrogen (secondary N) is 1. The van der Waals surface area contributed by atoms with Crippen molar-refractivity contribution in [1.29, 1.82) is 0 Å². The summed E-state index contributed by atoms with van der Waals surface area (Å²) in [6.45, 7) is 2.51. The summed E-state index contributed by atoms with van der Waals surface area (Å²) >= 11 is 0. The summed E-state index contributed by atoms with van der Waals surface area (Å²) < 4.78 is 13.2. The van der Waals surface area contributed by atoms with Crippen molar-refractivity contribution in [3.05, 3.63) is 65.5 Å². The van der Waals surface area contributed by atoms with Crippen molar-refractivity contribution in [2.45, 2.75) is 25.8 Å². The average Bonchev–Trinajstić information content (AvgIpc) is 3.04. The Morgan fingerprint density at radius 2 is 1.92 bits per heavy atom. The maximum absolute atomic E-state index is 13.2. The standard InChI is InChI=1S/C19H19FN2O2/c1-13-7-9-14(10-8-13)19(24)22-11-3-6-17(22)18(23)21-16-5-2-4-15(20)12-16/h2,4-5,7-10,12,17H,3,6,11H2,1H3,(H,21,23). The summed E-state index contributed by atoms with van der Waals surface area (Å²) in [6, 6.07) is 12.5. The van der Waals surface area contributed by atoms with Crippen LogP contribution in [0.3, 0.4) is 0 Å². The molecule has 1 fully saturated rings. The van der Waals surface area contributed by atoms with Gasteiger partial charge in [0.15, 0.2) is 0 Å². The number of nitrogens with zero attached hydrogens (tertiary/aromatic N) is 1. The molecule has 0 spiro atoms. The van der Waals surface area contributed by atoms with Gasteiger partial charge in [0.05, 0.1) is 0 Å². The number of carbonyl (C=O) groups is 2. The van der Waals surface area contributed by atoms with Gasteiger partial charge in [-0.2, -0.15) is 0 Å². The third-order valence-electron chi connectivity index (χ3n) is 4.21. The first-order valence-electron chi connectivity index (χ1n) is 7.98. The number of amides is 2. The van der Waals surface area contributed by atoms with Crippen LogP contribution in [0.5, 0.6) is 0 Å². The topological polar surface area (TPSA) is 49.4 Å². The Labute approximate surface area is 140 Å². The van der Waals surface area contributed by atoms with Crippen molar-refractivity contribution in [1.82, 2.24) is 4.90 Å². The minimum Gasteiger partial charge on any atom is -0.327 e. The largest absolute Gasteiger partial charge is 0.327 e. The maximum Gasteiger partial charge on any atom is 0.254 e. The van der Waals surface area contributed by atoms with Gasteiger partial charge < -0.3 is 10.2 Å². The summed E-state index contributed by atoms with van der Waals surface area (Å²) in [5.41, 5.74) is 2.05. The van der Waals surface area contributed by atoms with Crippen LogP contribution >= 0.6 is 0 Å². The lowest BCUT2D eigenvalue weighted by molar-refractivity contribution is -0.119. The highest BCUT2D eigenvalue weighted by Crippen LogP contribution is 2.22. The van der Waals surface area contributed by atoms with E-state index in [1.807, 2.05) is 19.1 Å². The van der Waals surface area contributed by atoms with Gasteiger partial charge in [-0.05, 0) is 50.1 Å². The van der Waals surface area contributed by atoms with E-state index in [2.05, 4.69) is 5.32 Å². The molecule has 24 heavy (non-hydrogen) atoms. The van der Waals surface area contributed by atoms with E-state index in [1.165, 1.54) is 18.2 Å². The van der Waals surface area contributed by atoms with Gasteiger partial charge in [-0.3, -0.25) is 9.59 Å². The smallest absolute Gasteiger partial charge is 0.254 e. The van der Waals surface area contributed by atoms with Crippen molar-refractivity contribution in [2.75, 3.05) is 11.9 Å². The summed E-state index contributed by atoms with van der Waals surface area (Å²) in [6.07, 6.45) is 1.39. The fourth-order valence-electron chi connectivity index (χ4n) is 2.94. The molecule has 1 unspecified atom stereocenters. The molecule has 1 aliphatic rings. The van der Waals surface area contributed by atoms with Gasteiger partial charge in [0.25, 0.3) is 5.91 Å². The Hall–Kier alpha value is -2.69. The molecule has 5 heteroatoms. The monoisotopic (exact) mass is 326 g/mol. The molecule has 124 valence electrons. The van der Waals surface area contributed by atoms with Crippen LogP contribution in [-0.2, 0) is 4.79 Å². The van der Waals surface area contributed by atoms with Crippen molar-refractivity contribution in [3.8, 4) is 0 Å². The second-order valence-electron chi connectivity index (χ2n) is 6.02. The molecule has 1 N–H and O–H groups in total. The van der Waals surface area contributed by atoms with Crippen molar-refractivity contribution in [2.24, 2.45) is 0 Å². The number of halogens is 1. The van der Waals surface area contributed by atoms with Gasteiger partial charge in [-0.15, -0.1) is 0 Å². The summed E-state index contributed by atoms with van der Waals surface area (Å²) in [5, 5.41) is 2.70. The molecular weight excluding hydrogens is 307 g/mol. The minimum atomic E-state index is -0.526. The molecule has 2 aromatic rings. The van der Waals surface area contributed by atoms with E-state index in [9.17, 15) is 14.0 Å². The average molecular weight is 326 g/mol. The van der Waals surface area contributed by atoms with Gasteiger partial charge in [-0.25, -0.2) is 4.39 Å². The molecule has 0 bridgehead atoms. The summed E-state index contributed by atoms with van der Waals surface area (Å²) in [5.74, 6) is -0.836. The Balaban J connectivity index is 1.73. The lowest BCUT2D eigenvalue weighted by Crippen LogP contribution is -2.43. The molecule has 2 aromatic carbocycles. The van der Waals surface area contributed by atoms with Crippen molar-refractivity contribution < 1.29 is 14.0 Å². The minimum absolute atomic E-state index is 0.146. The second-order valence-corrected chi connectivity index (χ2v) is 6.02. The van der Waals surface area contributed by atoms with Gasteiger partial charge >= 0.3 is 0 Å². The Bertz CT molecular complexity index is 758. The normalized spacial score (nSPS) is 16.9. The van der Waals surface area contributed by atoms with E-state index < -0.39 is 11.9 Å². The third kappa shape index (κ3) is 3.45. The van der Waals surface area contributed by atoms with Crippen molar-refractivity contribution in [3.63, 3.8) is 0 Å². The van der Waals surface area contributed by atoms with Gasteiger partial charge in [0.2, 0.25) is 5.91 Å². The number of likely N-dealkylation sites (tertiary alicyclic amines) is 1. The molecule has 2 amide bonds. The highest BCUT2D eigenvalue weighted by atomic mass is 19.1. The van der Waals surface area contributed by atoms with Gasteiger partial charge in [0, 0.05) is 17.8 Å². The summed E-state index contributed by atoms with van der Waals surface area (Å²) in [4.78, 5) is 26.8. The molecule has 4 nitrogen and oxygen atoms in total. The second kappa shape index (κ2) is 6.83. The number of rotatable bonds is 3. The quantitative estimate of drug-likeness (QED) is 0.940. The predicted molar refractivity (Wildman–Crippen MR) is 90.3 cm³/mol. The number of hydrogen-bond acceptors (Lipinski definition) is 2. The zero-order valence-electron chi connectivity index (χ0n) is 13.5. The molecule has 1 heterocycles. The Morgan fingerprint density at radius 3 is 2.62 bits per heavy atom. The first kappa shape index (κ1) is 16.2. The lowest BCUT2D eigenvalue weighted by Gasteiger charge is -2.24. The fraction of sp³-hybridized carbons (Fsp3) is 0.263. The molecule has 1 aliphatic heterocycles. The number of carbonyl (C=O) groups excluding carboxylic acids is 2. The maximum atomic E-state index is 13.2. The molecule has 1 saturated heterocycles. The molecule has 0 aromatic heterocycles. The van der Waals surface area contributed by atoms with Crippen LogP contribution in [0.4, 0.5) is 10.1 Å². The van der Waals surface area contributed by atoms with Crippen LogP contribution in [0.25, 0.3) is 0 Å². The third-order valence-corrected chi connectivity index (χ3v) is 4.21. The van der Waals surface area contributed by atoms with E-state index in [0.717, 1.165) is 12.0 Å². The highest BCUT2D eigenvalue weighted by molar-refractivity contribution is 6.01.